The van der Waals surface area contributed by atoms with Crippen molar-refractivity contribution < 1.29 is 9.18 Å². The van der Waals surface area contributed by atoms with Gasteiger partial charge in [0.25, 0.3) is 0 Å². The van der Waals surface area contributed by atoms with Crippen molar-refractivity contribution in [2.24, 2.45) is 11.7 Å². The summed E-state index contributed by atoms with van der Waals surface area (Å²) in [5, 5.41) is 0. The van der Waals surface area contributed by atoms with Crippen molar-refractivity contribution in [3.8, 4) is 0 Å². The summed E-state index contributed by atoms with van der Waals surface area (Å²) in [6.45, 7) is 4.06. The Hall–Kier alpha value is -1.42. The van der Waals surface area contributed by atoms with Gasteiger partial charge >= 0.3 is 0 Å². The molecule has 3 nitrogen and oxygen atoms in total. The summed E-state index contributed by atoms with van der Waals surface area (Å²) in [7, 11) is 0. The number of halogens is 1. The fraction of sp³-hybridized carbons (Fsp3) is 0.533. The molecule has 1 aromatic carbocycles. The monoisotopic (exact) mass is 264 g/mol. The lowest BCUT2D eigenvalue weighted by molar-refractivity contribution is -0.130. The van der Waals surface area contributed by atoms with Crippen molar-refractivity contribution in [1.29, 1.82) is 0 Å². The van der Waals surface area contributed by atoms with Gasteiger partial charge in [-0.3, -0.25) is 4.79 Å². The second-order valence-corrected chi connectivity index (χ2v) is 5.36. The lowest BCUT2D eigenvalue weighted by atomic mass is 9.96. The number of rotatable bonds is 4. The van der Waals surface area contributed by atoms with E-state index in [1.165, 1.54) is 6.07 Å². The van der Waals surface area contributed by atoms with E-state index in [-0.39, 0.29) is 17.6 Å². The topological polar surface area (TPSA) is 46.3 Å². The maximum atomic E-state index is 13.6. The number of likely N-dealkylation sites (tertiary alicyclic amines) is 1. The highest BCUT2D eigenvalue weighted by molar-refractivity contribution is 5.77. The normalized spacial score (nSPS) is 20.6. The zero-order valence-corrected chi connectivity index (χ0v) is 11.3. The first-order valence-corrected chi connectivity index (χ1v) is 6.84. The average Bonchev–Trinajstić information content (AvgIpc) is 2.88. The van der Waals surface area contributed by atoms with Crippen LogP contribution in [0.1, 0.15) is 31.2 Å². The Morgan fingerprint density at radius 3 is 2.89 bits per heavy atom. The maximum Gasteiger partial charge on any atom is 0.223 e. The number of nitrogens with zero attached hydrogens (tertiary/aromatic N) is 1. The van der Waals surface area contributed by atoms with E-state index in [1.807, 2.05) is 11.8 Å². The van der Waals surface area contributed by atoms with Crippen LogP contribution in [0, 0.1) is 11.7 Å². The van der Waals surface area contributed by atoms with Crippen LogP contribution in [0.5, 0.6) is 0 Å². The Bertz CT molecular complexity index is 450. The second kappa shape index (κ2) is 6.15. The van der Waals surface area contributed by atoms with Crippen LogP contribution in [-0.4, -0.2) is 30.4 Å². The number of hydrogen-bond donors (Lipinski definition) is 1. The summed E-state index contributed by atoms with van der Waals surface area (Å²) < 4.78 is 13.6. The third-order valence-corrected chi connectivity index (χ3v) is 3.89. The number of carbonyl (C=O) groups excluding carboxylic acids is 1. The van der Waals surface area contributed by atoms with Gasteiger partial charge in [0.15, 0.2) is 0 Å². The maximum absolute atomic E-state index is 13.6. The summed E-state index contributed by atoms with van der Waals surface area (Å²) in [5.74, 6) is 0.203. The van der Waals surface area contributed by atoms with E-state index in [0.29, 0.717) is 24.4 Å². The number of carbonyl (C=O) groups is 1. The highest BCUT2D eigenvalue weighted by Gasteiger charge is 2.26. The molecular weight excluding hydrogens is 243 g/mol. The molecule has 2 N–H and O–H groups in total. The summed E-state index contributed by atoms with van der Waals surface area (Å²) in [6.07, 6.45) is 1.34. The molecule has 1 fully saturated rings. The zero-order valence-electron chi connectivity index (χ0n) is 11.3. The van der Waals surface area contributed by atoms with Crippen LogP contribution in [-0.2, 0) is 4.79 Å². The largest absolute Gasteiger partial charge is 0.342 e. The van der Waals surface area contributed by atoms with Gasteiger partial charge in [0.2, 0.25) is 5.91 Å². The summed E-state index contributed by atoms with van der Waals surface area (Å²) >= 11 is 0. The van der Waals surface area contributed by atoms with Gasteiger partial charge in [-0.05, 0) is 36.4 Å². The number of hydrogen-bond acceptors (Lipinski definition) is 2. The zero-order chi connectivity index (χ0) is 13.8. The first-order chi connectivity index (χ1) is 9.11. The predicted molar refractivity (Wildman–Crippen MR) is 73.2 cm³/mol. The fourth-order valence-electron chi connectivity index (χ4n) is 2.63. The fourth-order valence-corrected chi connectivity index (χ4v) is 2.63. The van der Waals surface area contributed by atoms with Crippen molar-refractivity contribution in [2.75, 3.05) is 19.6 Å². The third kappa shape index (κ3) is 3.32. The van der Waals surface area contributed by atoms with Crippen LogP contribution >= 0.6 is 0 Å². The third-order valence-electron chi connectivity index (χ3n) is 3.89. The van der Waals surface area contributed by atoms with Gasteiger partial charge in [0.05, 0.1) is 0 Å². The molecule has 2 atom stereocenters. The summed E-state index contributed by atoms with van der Waals surface area (Å²) in [4.78, 5) is 14.0. The van der Waals surface area contributed by atoms with E-state index in [1.54, 1.807) is 18.2 Å². The minimum absolute atomic E-state index is 0.0920. The number of benzene rings is 1. The average molecular weight is 264 g/mol. The van der Waals surface area contributed by atoms with E-state index in [9.17, 15) is 9.18 Å². The van der Waals surface area contributed by atoms with E-state index < -0.39 is 0 Å². The number of amides is 1. The van der Waals surface area contributed by atoms with Crippen LogP contribution < -0.4 is 5.73 Å². The summed E-state index contributed by atoms with van der Waals surface area (Å²) in [6, 6.07) is 6.66. The van der Waals surface area contributed by atoms with Gasteiger partial charge in [-0.1, -0.05) is 25.1 Å². The van der Waals surface area contributed by atoms with Gasteiger partial charge < -0.3 is 10.6 Å². The van der Waals surface area contributed by atoms with Gasteiger partial charge in [-0.25, -0.2) is 4.39 Å². The Balaban J connectivity index is 1.94. The molecule has 1 heterocycles. The van der Waals surface area contributed by atoms with Crippen LogP contribution in [0.25, 0.3) is 0 Å². The van der Waals surface area contributed by atoms with E-state index in [0.717, 1.165) is 19.5 Å². The van der Waals surface area contributed by atoms with Crippen LogP contribution in [0.2, 0.25) is 0 Å². The molecule has 0 unspecified atom stereocenters. The van der Waals surface area contributed by atoms with Crippen molar-refractivity contribution in [2.45, 2.75) is 25.7 Å². The predicted octanol–water partition coefficient (Wildman–Crippen LogP) is 2.13. The molecule has 1 aromatic rings. The molecule has 1 amide bonds. The highest BCUT2D eigenvalue weighted by Crippen LogP contribution is 2.24. The standard InChI is InChI=1S/C15H21FN2O/c1-11(13-4-2-3-5-14(13)16)8-15(19)18-7-6-12(9-17)10-18/h2-5,11-12H,6-10,17H2,1H3/t11-,12+/m1/s1. The van der Waals surface area contributed by atoms with Gasteiger partial charge in [-0.15, -0.1) is 0 Å². The second-order valence-electron chi connectivity index (χ2n) is 5.36. The lowest BCUT2D eigenvalue weighted by Crippen LogP contribution is -2.30. The molecule has 0 bridgehead atoms. The minimum Gasteiger partial charge on any atom is -0.342 e. The lowest BCUT2D eigenvalue weighted by Gasteiger charge is -2.19. The first kappa shape index (κ1) is 14.0. The van der Waals surface area contributed by atoms with Gasteiger partial charge in [0.1, 0.15) is 5.82 Å². The molecular formula is C15H21FN2O. The molecule has 19 heavy (non-hydrogen) atoms. The Morgan fingerprint density at radius 2 is 2.26 bits per heavy atom. The molecule has 0 aliphatic carbocycles. The molecule has 1 aliphatic heterocycles. The van der Waals surface area contributed by atoms with E-state index in [4.69, 9.17) is 5.73 Å². The molecule has 4 heteroatoms. The number of nitrogens with two attached hydrogens (primary N) is 1. The molecule has 0 radical (unpaired) electrons. The Morgan fingerprint density at radius 1 is 1.53 bits per heavy atom. The molecule has 0 saturated carbocycles. The van der Waals surface area contributed by atoms with Gasteiger partial charge in [0, 0.05) is 19.5 Å². The Labute approximate surface area is 113 Å². The highest BCUT2D eigenvalue weighted by atomic mass is 19.1. The van der Waals surface area contributed by atoms with Crippen LogP contribution in [0.15, 0.2) is 24.3 Å². The van der Waals surface area contributed by atoms with E-state index >= 15 is 0 Å². The molecule has 0 spiro atoms. The van der Waals surface area contributed by atoms with Crippen molar-refractivity contribution in [3.63, 3.8) is 0 Å². The SMILES string of the molecule is C[C@H](CC(=O)N1CC[C@@H](CN)C1)c1ccccc1F. The smallest absolute Gasteiger partial charge is 0.223 e. The first-order valence-electron chi connectivity index (χ1n) is 6.84. The molecule has 0 aromatic heterocycles. The Kier molecular flexibility index (Phi) is 4.53. The molecule has 1 saturated heterocycles. The summed E-state index contributed by atoms with van der Waals surface area (Å²) in [5.41, 5.74) is 6.24. The minimum atomic E-state index is -0.232. The van der Waals surface area contributed by atoms with Crippen molar-refractivity contribution >= 4 is 5.91 Å². The van der Waals surface area contributed by atoms with Crippen LogP contribution in [0.4, 0.5) is 4.39 Å². The van der Waals surface area contributed by atoms with E-state index in [2.05, 4.69) is 0 Å². The van der Waals surface area contributed by atoms with Crippen molar-refractivity contribution in [3.05, 3.63) is 35.6 Å². The van der Waals surface area contributed by atoms with Crippen LogP contribution in [0.3, 0.4) is 0 Å². The molecule has 104 valence electrons. The van der Waals surface area contributed by atoms with Crippen molar-refractivity contribution in [1.82, 2.24) is 4.90 Å². The molecule has 2 rings (SSSR count). The van der Waals surface area contributed by atoms with Gasteiger partial charge in [-0.2, -0.15) is 0 Å². The quantitative estimate of drug-likeness (QED) is 0.905. The molecule has 1 aliphatic rings.